The average Bonchev–Trinajstić information content (AvgIpc) is 3.63. The molecule has 0 fully saturated rings. The fourth-order valence-corrected chi connectivity index (χ4v) is 4.71. The quantitative estimate of drug-likeness (QED) is 0.317. The Hall–Kier alpha value is -4.43. The molecule has 0 radical (unpaired) electrons. The van der Waals surface area contributed by atoms with Crippen molar-refractivity contribution in [2.75, 3.05) is 0 Å². The molecule has 0 saturated carbocycles. The molecule has 7 rings (SSSR count). The van der Waals surface area contributed by atoms with Crippen molar-refractivity contribution in [1.29, 1.82) is 0 Å². The molecule has 0 spiro atoms. The van der Waals surface area contributed by atoms with Gasteiger partial charge in [-0.25, -0.2) is 19.2 Å². The zero-order valence-electron chi connectivity index (χ0n) is 18.5. The van der Waals surface area contributed by atoms with Gasteiger partial charge in [0.25, 0.3) is 0 Å². The molecule has 9 heteroatoms. The molecule has 1 aliphatic rings. The van der Waals surface area contributed by atoms with Gasteiger partial charge in [-0.05, 0) is 55.5 Å². The van der Waals surface area contributed by atoms with E-state index >= 15 is 0 Å². The lowest BCUT2D eigenvalue weighted by Gasteiger charge is -2.24. The molecular weight excluding hydrogens is 464 g/mol. The molecule has 170 valence electrons. The second-order valence-electron chi connectivity index (χ2n) is 8.28. The smallest absolute Gasteiger partial charge is 0.230 e. The van der Waals surface area contributed by atoms with E-state index in [4.69, 9.17) is 30.8 Å². The van der Waals surface area contributed by atoms with Crippen molar-refractivity contribution in [2.45, 2.75) is 12.8 Å². The topological polar surface area (TPSA) is 83.3 Å². The first-order valence-corrected chi connectivity index (χ1v) is 11.4. The van der Waals surface area contributed by atoms with Gasteiger partial charge in [-0.3, -0.25) is 0 Å². The fraction of sp³-hybridized carbons (Fsp3) is 0.0769. The largest absolute Gasteiger partial charge is 0.468 e. The fourth-order valence-electron chi connectivity index (χ4n) is 4.58. The van der Waals surface area contributed by atoms with Gasteiger partial charge in [0.2, 0.25) is 11.8 Å². The van der Waals surface area contributed by atoms with E-state index < -0.39 is 0 Å². The van der Waals surface area contributed by atoms with Crippen molar-refractivity contribution in [2.24, 2.45) is 0 Å². The van der Waals surface area contributed by atoms with Gasteiger partial charge in [-0.1, -0.05) is 29.8 Å². The monoisotopic (exact) mass is 480 g/mol. The first-order chi connectivity index (χ1) is 17.2. The van der Waals surface area contributed by atoms with E-state index in [-0.39, 0.29) is 5.92 Å². The standard InChI is InChI=1S/C26H17ClN6O2/c1-15-20-21(19-8-5-13-34-19)22-24-29-23(16-9-11-17(27)12-10-16)31-32(24)14-28-25(22)35-26(20)33(30-15)18-6-3-2-4-7-18/h2-14,21H,1H3/t21-/m1/s1. The minimum Gasteiger partial charge on any atom is -0.468 e. The van der Waals surface area contributed by atoms with Crippen LogP contribution in [0.15, 0.2) is 83.7 Å². The van der Waals surface area contributed by atoms with E-state index in [0.717, 1.165) is 33.8 Å². The SMILES string of the molecule is Cc1nn(-c2ccccc2)c2c1[C@@H](c1ccco1)c1c(ncn3nc(-c4ccc(Cl)cc4)nc13)O2. The Kier molecular flexibility index (Phi) is 4.31. The summed E-state index contributed by atoms with van der Waals surface area (Å²) in [5.41, 5.74) is 4.90. The number of hydrogen-bond acceptors (Lipinski definition) is 6. The highest BCUT2D eigenvalue weighted by molar-refractivity contribution is 6.30. The van der Waals surface area contributed by atoms with Gasteiger partial charge in [0.05, 0.1) is 34.7 Å². The third-order valence-corrected chi connectivity index (χ3v) is 6.40. The molecule has 6 aromatic rings. The molecular formula is C26H17ClN6O2. The summed E-state index contributed by atoms with van der Waals surface area (Å²) in [5, 5.41) is 10.1. The third kappa shape index (κ3) is 3.07. The number of ether oxygens (including phenoxy) is 1. The normalized spacial score (nSPS) is 14.5. The van der Waals surface area contributed by atoms with Crippen LogP contribution < -0.4 is 4.74 Å². The van der Waals surface area contributed by atoms with Crippen molar-refractivity contribution >= 4 is 17.2 Å². The van der Waals surface area contributed by atoms with E-state index in [9.17, 15) is 0 Å². The average molecular weight is 481 g/mol. The van der Waals surface area contributed by atoms with Crippen LogP contribution in [0.25, 0.3) is 22.7 Å². The van der Waals surface area contributed by atoms with Crippen LogP contribution in [0.1, 0.15) is 28.5 Å². The summed E-state index contributed by atoms with van der Waals surface area (Å²) < 4.78 is 15.8. The van der Waals surface area contributed by atoms with Crippen molar-refractivity contribution in [3.05, 3.63) is 107 Å². The van der Waals surface area contributed by atoms with E-state index in [2.05, 4.69) is 10.1 Å². The molecule has 0 N–H and O–H groups in total. The molecule has 0 saturated heterocycles. The number of benzene rings is 2. The highest BCUT2D eigenvalue weighted by atomic mass is 35.5. The summed E-state index contributed by atoms with van der Waals surface area (Å²) in [6.45, 7) is 1.97. The van der Waals surface area contributed by atoms with E-state index in [0.29, 0.717) is 28.3 Å². The molecule has 35 heavy (non-hydrogen) atoms. The lowest BCUT2D eigenvalue weighted by molar-refractivity contribution is 0.392. The van der Waals surface area contributed by atoms with E-state index in [1.165, 1.54) is 0 Å². The second-order valence-corrected chi connectivity index (χ2v) is 8.71. The number of para-hydroxylation sites is 1. The summed E-state index contributed by atoms with van der Waals surface area (Å²) in [6.07, 6.45) is 3.28. The van der Waals surface area contributed by atoms with Crippen LogP contribution in [0.2, 0.25) is 5.02 Å². The molecule has 0 aliphatic carbocycles. The van der Waals surface area contributed by atoms with Gasteiger partial charge >= 0.3 is 0 Å². The number of nitrogens with zero attached hydrogens (tertiary/aromatic N) is 6. The maximum absolute atomic E-state index is 6.40. The minimum atomic E-state index is -0.320. The number of furan rings is 1. The maximum Gasteiger partial charge on any atom is 0.230 e. The second kappa shape index (κ2) is 7.54. The molecule has 0 bridgehead atoms. The summed E-state index contributed by atoms with van der Waals surface area (Å²) >= 11 is 6.07. The predicted molar refractivity (Wildman–Crippen MR) is 129 cm³/mol. The van der Waals surface area contributed by atoms with E-state index in [1.807, 2.05) is 73.7 Å². The lowest BCUT2D eigenvalue weighted by Crippen LogP contribution is -2.15. The van der Waals surface area contributed by atoms with Crippen LogP contribution >= 0.6 is 11.6 Å². The van der Waals surface area contributed by atoms with Crippen LogP contribution in [0.3, 0.4) is 0 Å². The van der Waals surface area contributed by atoms with Gasteiger partial charge in [0.15, 0.2) is 11.5 Å². The van der Waals surface area contributed by atoms with Gasteiger partial charge in [-0.2, -0.15) is 5.10 Å². The Balaban J connectivity index is 1.47. The third-order valence-electron chi connectivity index (χ3n) is 6.15. The van der Waals surface area contributed by atoms with Crippen molar-refractivity contribution in [3.63, 3.8) is 0 Å². The van der Waals surface area contributed by atoms with Crippen LogP contribution in [-0.4, -0.2) is 29.4 Å². The number of rotatable bonds is 3. The van der Waals surface area contributed by atoms with Crippen molar-refractivity contribution in [3.8, 4) is 28.8 Å². The molecule has 4 aromatic heterocycles. The zero-order chi connectivity index (χ0) is 23.5. The number of aryl methyl sites for hydroxylation is 1. The van der Waals surface area contributed by atoms with Gasteiger partial charge in [0, 0.05) is 10.6 Å². The lowest BCUT2D eigenvalue weighted by atomic mass is 9.88. The Morgan fingerprint density at radius 1 is 0.914 bits per heavy atom. The van der Waals surface area contributed by atoms with Crippen LogP contribution in [0.5, 0.6) is 11.8 Å². The molecule has 0 amide bonds. The summed E-state index contributed by atoms with van der Waals surface area (Å²) in [7, 11) is 0. The summed E-state index contributed by atoms with van der Waals surface area (Å²) in [4.78, 5) is 9.48. The van der Waals surface area contributed by atoms with Gasteiger partial charge in [-0.15, -0.1) is 5.10 Å². The Morgan fingerprint density at radius 2 is 1.74 bits per heavy atom. The molecule has 1 aliphatic heterocycles. The van der Waals surface area contributed by atoms with Crippen LogP contribution in [0, 0.1) is 6.92 Å². The minimum absolute atomic E-state index is 0.320. The summed E-state index contributed by atoms with van der Waals surface area (Å²) in [6, 6.07) is 21.1. The number of aromatic nitrogens is 6. The summed E-state index contributed by atoms with van der Waals surface area (Å²) in [5.74, 6) is 2.05. The van der Waals surface area contributed by atoms with Crippen LogP contribution in [-0.2, 0) is 0 Å². The first kappa shape index (κ1) is 20.0. The molecule has 2 aromatic carbocycles. The maximum atomic E-state index is 6.40. The Labute approximate surface area is 204 Å². The van der Waals surface area contributed by atoms with Gasteiger partial charge in [0.1, 0.15) is 12.1 Å². The molecule has 1 atom stereocenters. The molecule has 5 heterocycles. The van der Waals surface area contributed by atoms with E-state index in [1.54, 1.807) is 21.8 Å². The number of hydrogen-bond donors (Lipinski definition) is 0. The highest BCUT2D eigenvalue weighted by Crippen LogP contribution is 2.49. The van der Waals surface area contributed by atoms with Gasteiger partial charge < -0.3 is 9.15 Å². The Morgan fingerprint density at radius 3 is 2.51 bits per heavy atom. The predicted octanol–water partition coefficient (Wildman–Crippen LogP) is 5.82. The first-order valence-electron chi connectivity index (χ1n) is 11.0. The number of halogens is 1. The van der Waals surface area contributed by atoms with Crippen LogP contribution in [0.4, 0.5) is 0 Å². The zero-order valence-corrected chi connectivity index (χ0v) is 19.2. The molecule has 8 nitrogen and oxygen atoms in total. The molecule has 0 unspecified atom stereocenters. The Bertz CT molecular complexity index is 1690. The van der Waals surface area contributed by atoms with Crippen molar-refractivity contribution in [1.82, 2.24) is 29.4 Å². The highest BCUT2D eigenvalue weighted by Gasteiger charge is 2.39. The van der Waals surface area contributed by atoms with Crippen molar-refractivity contribution < 1.29 is 9.15 Å². The number of fused-ring (bicyclic) bond motifs is 4.